The summed E-state index contributed by atoms with van der Waals surface area (Å²) in [6, 6.07) is 0. The molecule has 1 saturated heterocycles. The Hall–Kier alpha value is -0.260. The molecule has 4 nitrogen and oxygen atoms in total. The van der Waals surface area contributed by atoms with Crippen molar-refractivity contribution in [1.82, 2.24) is 0 Å². The minimum absolute atomic E-state index is 0.750. The highest BCUT2D eigenvalue weighted by molar-refractivity contribution is 7.51. The summed E-state index contributed by atoms with van der Waals surface area (Å²) in [5.74, 6) is 0. The van der Waals surface area contributed by atoms with Crippen molar-refractivity contribution in [1.29, 1.82) is 0 Å². The summed E-state index contributed by atoms with van der Waals surface area (Å²) in [5, 5.41) is 0. The molecular weight excluding hydrogens is 144 g/mol. The monoisotopic (exact) mass is 152 g/mol. The van der Waals surface area contributed by atoms with Gasteiger partial charge < -0.3 is 9.47 Å². The average Bonchev–Trinajstić information content (AvgIpc) is 1.93. The standard InChI is InChI=1S/C4H8O2.O2S/c1-2-6-4-3-5-1;1-3-2/h1-4H2;. The summed E-state index contributed by atoms with van der Waals surface area (Å²) in [5.41, 5.74) is 0. The third-order valence-electron chi connectivity index (χ3n) is 0.744. The van der Waals surface area contributed by atoms with E-state index in [0.717, 1.165) is 26.4 Å². The van der Waals surface area contributed by atoms with Crippen LogP contribution in [-0.4, -0.2) is 34.8 Å². The van der Waals surface area contributed by atoms with E-state index < -0.39 is 11.6 Å². The van der Waals surface area contributed by atoms with Gasteiger partial charge in [0.05, 0.1) is 26.4 Å². The van der Waals surface area contributed by atoms with Crippen LogP contribution < -0.4 is 0 Å². The Morgan fingerprint density at radius 1 is 0.889 bits per heavy atom. The fourth-order valence-corrected chi connectivity index (χ4v) is 0.440. The van der Waals surface area contributed by atoms with Gasteiger partial charge in [-0.15, -0.1) is 0 Å². The van der Waals surface area contributed by atoms with Crippen LogP contribution in [0.25, 0.3) is 0 Å². The van der Waals surface area contributed by atoms with Crippen LogP contribution in [0.4, 0.5) is 0 Å². The molecule has 0 bridgehead atoms. The molecule has 0 spiro atoms. The van der Waals surface area contributed by atoms with Gasteiger partial charge in [0.25, 0.3) is 0 Å². The maximum atomic E-state index is 8.29. The van der Waals surface area contributed by atoms with Gasteiger partial charge in [0.1, 0.15) is 0 Å². The first-order valence-electron chi connectivity index (χ1n) is 2.49. The fraction of sp³-hybridized carbons (Fsp3) is 1.00. The largest absolute Gasteiger partial charge is 0.377 e. The molecule has 9 heavy (non-hydrogen) atoms. The Labute approximate surface area is 56.8 Å². The third kappa shape index (κ3) is 7.74. The molecule has 0 unspecified atom stereocenters. The van der Waals surface area contributed by atoms with E-state index in [0.29, 0.717) is 0 Å². The first kappa shape index (κ1) is 8.74. The first-order chi connectivity index (χ1) is 4.41. The van der Waals surface area contributed by atoms with Crippen molar-refractivity contribution in [2.24, 2.45) is 0 Å². The van der Waals surface area contributed by atoms with Crippen LogP contribution in [0.5, 0.6) is 0 Å². The summed E-state index contributed by atoms with van der Waals surface area (Å²) in [6.45, 7) is 3.11. The molecule has 0 aromatic carbocycles. The molecule has 5 heteroatoms. The lowest BCUT2D eigenvalue weighted by molar-refractivity contribution is -0.0334. The van der Waals surface area contributed by atoms with E-state index in [-0.39, 0.29) is 0 Å². The van der Waals surface area contributed by atoms with Gasteiger partial charge in [-0.2, -0.15) is 8.42 Å². The van der Waals surface area contributed by atoms with Crippen LogP contribution in [0, 0.1) is 0 Å². The zero-order valence-electron chi connectivity index (χ0n) is 4.87. The van der Waals surface area contributed by atoms with Crippen LogP contribution >= 0.6 is 0 Å². The quantitative estimate of drug-likeness (QED) is 0.463. The summed E-state index contributed by atoms with van der Waals surface area (Å²) in [6.07, 6.45) is 0. The summed E-state index contributed by atoms with van der Waals surface area (Å²) in [7, 11) is 0. The molecule has 0 N–H and O–H groups in total. The van der Waals surface area contributed by atoms with Crippen LogP contribution in [-0.2, 0) is 21.0 Å². The molecule has 0 aromatic rings. The number of ether oxygens (including phenoxy) is 2. The molecule has 54 valence electrons. The van der Waals surface area contributed by atoms with E-state index in [2.05, 4.69) is 0 Å². The van der Waals surface area contributed by atoms with E-state index in [1.165, 1.54) is 0 Å². The maximum Gasteiger partial charge on any atom is 0.335 e. The molecule has 1 aliphatic rings. The molecule has 0 radical (unpaired) electrons. The Balaban J connectivity index is 0.000000187. The molecule has 0 saturated carbocycles. The van der Waals surface area contributed by atoms with Gasteiger partial charge in [-0.1, -0.05) is 0 Å². The highest BCUT2D eigenvalue weighted by atomic mass is 32.1. The van der Waals surface area contributed by atoms with Gasteiger partial charge in [0.2, 0.25) is 0 Å². The van der Waals surface area contributed by atoms with E-state index in [1.54, 1.807) is 0 Å². The third-order valence-corrected chi connectivity index (χ3v) is 0.744. The van der Waals surface area contributed by atoms with E-state index >= 15 is 0 Å². The summed E-state index contributed by atoms with van der Waals surface area (Å²) < 4.78 is 26.5. The van der Waals surface area contributed by atoms with Gasteiger partial charge in [-0.25, -0.2) is 0 Å². The van der Waals surface area contributed by atoms with Crippen LogP contribution in [0.3, 0.4) is 0 Å². The minimum atomic E-state index is -0.750. The second kappa shape index (κ2) is 7.74. The van der Waals surface area contributed by atoms with Crippen molar-refractivity contribution in [3.05, 3.63) is 0 Å². The van der Waals surface area contributed by atoms with Crippen LogP contribution in [0.15, 0.2) is 0 Å². The van der Waals surface area contributed by atoms with Crippen LogP contribution in [0.1, 0.15) is 0 Å². The molecule has 0 amide bonds. The van der Waals surface area contributed by atoms with Gasteiger partial charge in [0.15, 0.2) is 0 Å². The Bertz CT molecular complexity index is 73.1. The fourth-order valence-electron chi connectivity index (χ4n) is 0.440. The Kier molecular flexibility index (Phi) is 7.52. The predicted octanol–water partition coefficient (Wildman–Crippen LogP) is -0.637. The van der Waals surface area contributed by atoms with Gasteiger partial charge in [-0.05, 0) is 0 Å². The molecule has 1 fully saturated rings. The zero-order valence-corrected chi connectivity index (χ0v) is 5.69. The van der Waals surface area contributed by atoms with Crippen LogP contribution in [0.2, 0.25) is 0 Å². The number of hydrogen-bond donors (Lipinski definition) is 0. The Morgan fingerprint density at radius 2 is 1.11 bits per heavy atom. The molecule has 0 atom stereocenters. The maximum absolute atomic E-state index is 8.29. The van der Waals surface area contributed by atoms with Gasteiger partial charge in [-0.3, -0.25) is 0 Å². The highest BCUT2D eigenvalue weighted by Gasteiger charge is 1.94. The highest BCUT2D eigenvalue weighted by Crippen LogP contribution is 1.85. The lowest BCUT2D eigenvalue weighted by atomic mass is 10.6. The Morgan fingerprint density at radius 3 is 1.22 bits per heavy atom. The first-order valence-corrected chi connectivity index (χ1v) is 3.15. The lowest BCUT2D eigenvalue weighted by Crippen LogP contribution is -2.16. The number of hydrogen-bond acceptors (Lipinski definition) is 4. The van der Waals surface area contributed by atoms with E-state index in [1.807, 2.05) is 0 Å². The molecule has 0 aliphatic carbocycles. The molecule has 1 heterocycles. The topological polar surface area (TPSA) is 52.6 Å². The molecular formula is C4H8O4S. The molecule has 0 aromatic heterocycles. The van der Waals surface area contributed by atoms with Crippen molar-refractivity contribution in [3.8, 4) is 0 Å². The minimum Gasteiger partial charge on any atom is -0.377 e. The van der Waals surface area contributed by atoms with Gasteiger partial charge >= 0.3 is 11.6 Å². The average molecular weight is 152 g/mol. The second-order valence-corrected chi connectivity index (χ2v) is 1.43. The molecule has 1 aliphatic heterocycles. The summed E-state index contributed by atoms with van der Waals surface area (Å²) >= 11 is -0.750. The SMILES string of the molecule is C1COCCO1.O=S=O. The predicted molar refractivity (Wildman–Crippen MR) is 30.6 cm³/mol. The lowest BCUT2D eigenvalue weighted by Gasteiger charge is -2.09. The van der Waals surface area contributed by atoms with Crippen molar-refractivity contribution in [2.45, 2.75) is 0 Å². The normalized spacial score (nSPS) is 17.3. The second-order valence-electron chi connectivity index (χ2n) is 1.29. The summed E-state index contributed by atoms with van der Waals surface area (Å²) in [4.78, 5) is 0. The van der Waals surface area contributed by atoms with Crippen molar-refractivity contribution >= 4 is 11.6 Å². The zero-order chi connectivity index (χ0) is 6.95. The van der Waals surface area contributed by atoms with E-state index in [9.17, 15) is 0 Å². The smallest absolute Gasteiger partial charge is 0.335 e. The van der Waals surface area contributed by atoms with Crippen molar-refractivity contribution < 1.29 is 17.9 Å². The van der Waals surface area contributed by atoms with Crippen molar-refractivity contribution in [2.75, 3.05) is 26.4 Å². The van der Waals surface area contributed by atoms with Crippen molar-refractivity contribution in [3.63, 3.8) is 0 Å². The van der Waals surface area contributed by atoms with E-state index in [4.69, 9.17) is 17.9 Å². The number of rotatable bonds is 0. The van der Waals surface area contributed by atoms with Gasteiger partial charge in [0, 0.05) is 0 Å². The molecule has 1 rings (SSSR count).